The number of rotatable bonds is 6. The van der Waals surface area contributed by atoms with Gasteiger partial charge in [-0.05, 0) is 12.8 Å². The molecule has 0 saturated carbocycles. The normalized spacial score (nSPS) is 19.9. The van der Waals surface area contributed by atoms with Crippen LogP contribution in [-0.2, 0) is 14.7 Å². The first kappa shape index (κ1) is 14.4. The van der Waals surface area contributed by atoms with Gasteiger partial charge in [0.2, 0.25) is 0 Å². The Morgan fingerprint density at radius 2 is 1.82 bits per heavy atom. The maximum atomic E-state index is 11.2. The molecule has 0 aromatic heterocycles. The molecule has 0 aromatic carbocycles. The summed E-state index contributed by atoms with van der Waals surface area (Å²) in [5.74, 6) is 0.539. The molecule has 0 N–H and O–H groups in total. The highest BCUT2D eigenvalue weighted by Crippen LogP contribution is 2.03. The van der Waals surface area contributed by atoms with Crippen LogP contribution >= 0.6 is 0 Å². The molecule has 5 nitrogen and oxygen atoms in total. The van der Waals surface area contributed by atoms with Crippen molar-refractivity contribution in [3.63, 3.8) is 0 Å². The van der Waals surface area contributed by atoms with E-state index in [1.165, 1.54) is 0 Å². The van der Waals surface area contributed by atoms with Gasteiger partial charge in [0.15, 0.2) is 9.84 Å². The number of hydrogen-bond donors (Lipinski definition) is 0. The van der Waals surface area contributed by atoms with Crippen LogP contribution in [0.5, 0.6) is 0 Å². The third kappa shape index (κ3) is 5.50. The lowest BCUT2D eigenvalue weighted by atomic mass is 10.2. The molecule has 100 valence electrons. The fraction of sp³-hybridized carbons (Fsp3) is 0.909. The number of sulfone groups is 1. The minimum Gasteiger partial charge on any atom is -0.394 e. The topological polar surface area (TPSA) is 59.0 Å². The summed E-state index contributed by atoms with van der Waals surface area (Å²) in [7, 11) is -2.78. The van der Waals surface area contributed by atoms with Crippen molar-refractivity contribution in [3.8, 4) is 0 Å². The molecule has 1 aliphatic heterocycles. The summed E-state index contributed by atoms with van der Waals surface area (Å²) < 4.78 is 22.4. The zero-order valence-corrected chi connectivity index (χ0v) is 11.5. The minimum absolute atomic E-state index is 0.269. The van der Waals surface area contributed by atoms with E-state index in [9.17, 15) is 8.42 Å². The molecule has 1 saturated heterocycles. The Labute approximate surface area is 104 Å². The van der Waals surface area contributed by atoms with Gasteiger partial charge in [0.05, 0.1) is 17.2 Å². The predicted molar refractivity (Wildman–Crippen MR) is 69.1 cm³/mol. The van der Waals surface area contributed by atoms with Gasteiger partial charge in [-0.15, -0.1) is 0 Å². The quantitative estimate of drug-likeness (QED) is 0.405. The highest BCUT2D eigenvalue weighted by molar-refractivity contribution is 7.91. The zero-order chi connectivity index (χ0) is 12.7. The highest BCUT2D eigenvalue weighted by Gasteiger charge is 2.20. The number of hydrogen-bond acceptors (Lipinski definition) is 5. The van der Waals surface area contributed by atoms with E-state index in [0.29, 0.717) is 19.7 Å². The maximum absolute atomic E-state index is 11.2. The third-order valence-corrected chi connectivity index (χ3v) is 4.55. The summed E-state index contributed by atoms with van der Waals surface area (Å²) in [6, 6.07) is 0. The van der Waals surface area contributed by atoms with Crippen molar-refractivity contribution in [2.45, 2.75) is 26.7 Å². The van der Waals surface area contributed by atoms with Crippen LogP contribution in [0.2, 0.25) is 0 Å². The SMILES string of the molecule is CCC(CC)=NOCCN1CCS(=O)(=O)CC1. The zero-order valence-electron chi connectivity index (χ0n) is 10.7. The molecule has 0 aliphatic carbocycles. The number of oxime groups is 1. The second kappa shape index (κ2) is 6.96. The lowest BCUT2D eigenvalue weighted by Crippen LogP contribution is -2.41. The first-order chi connectivity index (χ1) is 8.07. The standard InChI is InChI=1S/C11H22N2O3S/c1-3-11(4-2)12-16-8-5-13-6-9-17(14,15)10-7-13/h3-10H2,1-2H3. The van der Waals surface area contributed by atoms with Crippen LogP contribution in [-0.4, -0.2) is 56.8 Å². The van der Waals surface area contributed by atoms with E-state index in [2.05, 4.69) is 23.9 Å². The average molecular weight is 262 g/mol. The van der Waals surface area contributed by atoms with Crippen LogP contribution in [0, 0.1) is 0 Å². The third-order valence-electron chi connectivity index (χ3n) is 2.95. The van der Waals surface area contributed by atoms with Crippen molar-refractivity contribution in [2.24, 2.45) is 5.16 Å². The summed E-state index contributed by atoms with van der Waals surface area (Å²) >= 11 is 0. The number of nitrogens with zero attached hydrogens (tertiary/aromatic N) is 2. The molecule has 0 atom stereocenters. The van der Waals surface area contributed by atoms with Gasteiger partial charge in [0, 0.05) is 19.6 Å². The molecule has 0 amide bonds. The summed E-state index contributed by atoms with van der Waals surface area (Å²) in [5, 5.41) is 4.05. The lowest BCUT2D eigenvalue weighted by molar-refractivity contribution is 0.112. The van der Waals surface area contributed by atoms with Gasteiger partial charge in [-0.3, -0.25) is 4.90 Å². The van der Waals surface area contributed by atoms with Gasteiger partial charge >= 0.3 is 0 Å². The summed E-state index contributed by atoms with van der Waals surface area (Å²) in [6.45, 7) is 6.62. The monoisotopic (exact) mass is 262 g/mol. The van der Waals surface area contributed by atoms with Crippen molar-refractivity contribution in [1.29, 1.82) is 0 Å². The summed E-state index contributed by atoms with van der Waals surface area (Å²) in [5.41, 5.74) is 1.06. The Morgan fingerprint density at radius 1 is 1.24 bits per heavy atom. The van der Waals surface area contributed by atoms with Crippen LogP contribution in [0.1, 0.15) is 26.7 Å². The molecule has 0 spiro atoms. The molecule has 0 bridgehead atoms. The largest absolute Gasteiger partial charge is 0.394 e. The fourth-order valence-corrected chi connectivity index (χ4v) is 2.94. The Morgan fingerprint density at radius 3 is 2.35 bits per heavy atom. The van der Waals surface area contributed by atoms with Crippen molar-refractivity contribution in [3.05, 3.63) is 0 Å². The minimum atomic E-state index is -2.78. The second-order valence-corrected chi connectivity index (χ2v) is 6.49. The lowest BCUT2D eigenvalue weighted by Gasteiger charge is -2.25. The first-order valence-electron chi connectivity index (χ1n) is 6.18. The summed E-state index contributed by atoms with van der Waals surface area (Å²) in [6.07, 6.45) is 1.83. The van der Waals surface area contributed by atoms with Crippen LogP contribution in [0.15, 0.2) is 5.16 Å². The molecule has 0 unspecified atom stereocenters. The van der Waals surface area contributed by atoms with Gasteiger partial charge in [-0.2, -0.15) is 0 Å². The molecule has 0 radical (unpaired) electrons. The molecule has 1 rings (SSSR count). The highest BCUT2D eigenvalue weighted by atomic mass is 32.2. The van der Waals surface area contributed by atoms with E-state index in [1.54, 1.807) is 0 Å². The van der Waals surface area contributed by atoms with Crippen LogP contribution in [0.25, 0.3) is 0 Å². The average Bonchev–Trinajstić information content (AvgIpc) is 2.31. The van der Waals surface area contributed by atoms with E-state index in [4.69, 9.17) is 4.84 Å². The Kier molecular flexibility index (Phi) is 5.91. The predicted octanol–water partition coefficient (Wildman–Crippen LogP) is 0.909. The molecule has 1 aliphatic rings. The molecule has 17 heavy (non-hydrogen) atoms. The van der Waals surface area contributed by atoms with Gasteiger partial charge in [-0.1, -0.05) is 19.0 Å². The molecule has 0 aromatic rings. The fourth-order valence-electron chi connectivity index (χ4n) is 1.66. The second-order valence-electron chi connectivity index (χ2n) is 4.19. The molecule has 6 heteroatoms. The van der Waals surface area contributed by atoms with Crippen molar-refractivity contribution in [1.82, 2.24) is 4.90 Å². The van der Waals surface area contributed by atoms with E-state index < -0.39 is 9.84 Å². The molecular formula is C11H22N2O3S. The van der Waals surface area contributed by atoms with Crippen molar-refractivity contribution < 1.29 is 13.3 Å². The van der Waals surface area contributed by atoms with E-state index >= 15 is 0 Å². The van der Waals surface area contributed by atoms with Crippen LogP contribution < -0.4 is 0 Å². The smallest absolute Gasteiger partial charge is 0.152 e. The van der Waals surface area contributed by atoms with Gasteiger partial charge in [0.25, 0.3) is 0 Å². The molecular weight excluding hydrogens is 240 g/mol. The van der Waals surface area contributed by atoms with Gasteiger partial charge < -0.3 is 4.84 Å². The van der Waals surface area contributed by atoms with Crippen LogP contribution in [0.4, 0.5) is 0 Å². The van der Waals surface area contributed by atoms with Gasteiger partial charge in [0.1, 0.15) is 6.61 Å². The van der Waals surface area contributed by atoms with Gasteiger partial charge in [-0.25, -0.2) is 8.42 Å². The van der Waals surface area contributed by atoms with Crippen molar-refractivity contribution >= 4 is 15.5 Å². The van der Waals surface area contributed by atoms with E-state index in [-0.39, 0.29) is 11.5 Å². The first-order valence-corrected chi connectivity index (χ1v) is 8.00. The van der Waals surface area contributed by atoms with E-state index in [1.807, 2.05) is 0 Å². The van der Waals surface area contributed by atoms with Crippen molar-refractivity contribution in [2.75, 3.05) is 37.7 Å². The van der Waals surface area contributed by atoms with E-state index in [0.717, 1.165) is 25.1 Å². The Balaban J connectivity index is 2.18. The summed E-state index contributed by atoms with van der Waals surface area (Å²) in [4.78, 5) is 7.33. The van der Waals surface area contributed by atoms with Crippen LogP contribution in [0.3, 0.4) is 0 Å². The Bertz CT molecular complexity index is 332. The molecule has 1 heterocycles. The Hall–Kier alpha value is -0.620. The molecule has 1 fully saturated rings. The maximum Gasteiger partial charge on any atom is 0.152 e.